The Balaban J connectivity index is 1.28. The normalized spacial score (nSPS) is 16.8. The van der Waals surface area contributed by atoms with Crippen LogP contribution in [0.25, 0.3) is 16.6 Å². The third-order valence-corrected chi connectivity index (χ3v) is 6.60. The average Bonchev–Trinajstić information content (AvgIpc) is 3.42. The summed E-state index contributed by atoms with van der Waals surface area (Å²) in [6, 6.07) is 4.09. The number of H-pyrrole nitrogens is 2. The lowest BCUT2D eigenvalue weighted by Gasteiger charge is -2.34. The number of ketones is 1. The van der Waals surface area contributed by atoms with Crippen LogP contribution in [-0.2, 0) is 11.2 Å². The molecule has 0 spiro atoms. The monoisotopic (exact) mass is 468 g/mol. The van der Waals surface area contributed by atoms with Gasteiger partial charge in [0.05, 0.1) is 23.9 Å². The Morgan fingerprint density at radius 1 is 1.18 bits per heavy atom. The van der Waals surface area contributed by atoms with Gasteiger partial charge in [0.15, 0.2) is 5.78 Å². The first kappa shape index (κ1) is 21.7. The van der Waals surface area contributed by atoms with Crippen molar-refractivity contribution in [3.8, 4) is 0 Å². The average molecular weight is 469 g/mol. The van der Waals surface area contributed by atoms with Crippen LogP contribution in [0.3, 0.4) is 0 Å². The number of aromatic amines is 2. The highest BCUT2D eigenvalue weighted by Crippen LogP contribution is 2.26. The van der Waals surface area contributed by atoms with Crippen LogP contribution in [0.1, 0.15) is 33.9 Å². The molecule has 2 N–H and O–H groups in total. The number of fused-ring (bicyclic) bond motifs is 1. The molecule has 5 rings (SSSR count). The molecule has 172 valence electrons. The zero-order chi connectivity index (χ0) is 22.9. The Morgan fingerprint density at radius 2 is 2.00 bits per heavy atom. The van der Waals surface area contributed by atoms with Crippen molar-refractivity contribution in [1.29, 1.82) is 0 Å². The minimum atomic E-state index is -0.152. The second-order valence-electron chi connectivity index (χ2n) is 8.38. The SMILES string of the molecule is Cc1[nH]nc(C(=O)Cc2cnc3[nH]c(C4=CCN(C(=O)N5CCOCC5)CC4)cc3c2)c1Cl. The van der Waals surface area contributed by atoms with Crippen molar-refractivity contribution in [1.82, 2.24) is 30.0 Å². The molecule has 0 atom stereocenters. The van der Waals surface area contributed by atoms with Crippen LogP contribution in [0.2, 0.25) is 5.02 Å². The van der Waals surface area contributed by atoms with E-state index < -0.39 is 0 Å². The standard InChI is InChI=1S/C23H25ClN6O3/c1-14-20(24)21(28-27-14)19(31)11-15-10-17-12-18(26-22(17)25-13-15)16-2-4-29(5-3-16)23(32)30-6-8-33-9-7-30/h2,10,12-13H,3-9,11H2,1H3,(H,25,26)(H,27,28). The molecule has 0 bridgehead atoms. The van der Waals surface area contributed by atoms with Crippen LogP contribution >= 0.6 is 11.6 Å². The second-order valence-corrected chi connectivity index (χ2v) is 8.76. The summed E-state index contributed by atoms with van der Waals surface area (Å²) in [5.74, 6) is -0.152. The van der Waals surface area contributed by atoms with Gasteiger partial charge in [0.2, 0.25) is 0 Å². The summed E-state index contributed by atoms with van der Waals surface area (Å²) in [5, 5.41) is 8.05. The Bertz CT molecular complexity index is 1240. The predicted octanol–water partition coefficient (Wildman–Crippen LogP) is 3.21. The molecule has 2 aliphatic heterocycles. The number of carbonyl (C=O) groups excluding carboxylic acids is 2. The summed E-state index contributed by atoms with van der Waals surface area (Å²) in [5.41, 5.74) is 4.65. The zero-order valence-electron chi connectivity index (χ0n) is 18.4. The van der Waals surface area contributed by atoms with Crippen molar-refractivity contribution in [2.24, 2.45) is 0 Å². The molecule has 2 amide bonds. The lowest BCUT2D eigenvalue weighted by atomic mass is 10.0. The highest BCUT2D eigenvalue weighted by Gasteiger charge is 2.25. The lowest BCUT2D eigenvalue weighted by Crippen LogP contribution is -2.49. The van der Waals surface area contributed by atoms with Gasteiger partial charge in [-0.05, 0) is 36.6 Å². The van der Waals surface area contributed by atoms with Gasteiger partial charge >= 0.3 is 6.03 Å². The maximum atomic E-state index is 12.7. The van der Waals surface area contributed by atoms with Crippen molar-refractivity contribution in [2.45, 2.75) is 19.8 Å². The first-order valence-electron chi connectivity index (χ1n) is 11.0. The van der Waals surface area contributed by atoms with Gasteiger partial charge in [0, 0.05) is 49.9 Å². The van der Waals surface area contributed by atoms with Crippen LogP contribution < -0.4 is 0 Å². The third-order valence-electron chi connectivity index (χ3n) is 6.14. The molecule has 0 aliphatic carbocycles. The number of amides is 2. The number of aromatic nitrogens is 4. The third kappa shape index (κ3) is 4.38. The quantitative estimate of drug-likeness (QED) is 0.572. The van der Waals surface area contributed by atoms with E-state index in [0.29, 0.717) is 50.1 Å². The molecular weight excluding hydrogens is 444 g/mol. The number of morpholine rings is 1. The van der Waals surface area contributed by atoms with Crippen LogP contribution in [0, 0.1) is 6.92 Å². The first-order chi connectivity index (χ1) is 16.0. The maximum Gasteiger partial charge on any atom is 0.320 e. The fourth-order valence-electron chi connectivity index (χ4n) is 4.24. The molecule has 0 radical (unpaired) electrons. The number of rotatable bonds is 4. The molecule has 1 saturated heterocycles. The predicted molar refractivity (Wildman–Crippen MR) is 124 cm³/mol. The van der Waals surface area contributed by atoms with Crippen LogP contribution in [-0.4, -0.2) is 81.2 Å². The summed E-state index contributed by atoms with van der Waals surface area (Å²) in [7, 11) is 0. The summed E-state index contributed by atoms with van der Waals surface area (Å²) >= 11 is 6.15. The molecule has 33 heavy (non-hydrogen) atoms. The summed E-state index contributed by atoms with van der Waals surface area (Å²) < 4.78 is 5.34. The molecule has 0 aromatic carbocycles. The number of urea groups is 1. The maximum absolute atomic E-state index is 12.7. The van der Waals surface area contributed by atoms with E-state index in [9.17, 15) is 9.59 Å². The lowest BCUT2D eigenvalue weighted by molar-refractivity contribution is 0.0441. The largest absolute Gasteiger partial charge is 0.378 e. The van der Waals surface area contributed by atoms with Gasteiger partial charge in [-0.1, -0.05) is 17.7 Å². The highest BCUT2D eigenvalue weighted by atomic mass is 35.5. The van der Waals surface area contributed by atoms with E-state index in [1.807, 2.05) is 21.9 Å². The Kier molecular flexibility index (Phi) is 5.90. The van der Waals surface area contributed by atoms with E-state index in [1.165, 1.54) is 0 Å². The number of aryl methyl sites for hydroxylation is 1. The van der Waals surface area contributed by atoms with Gasteiger partial charge in [0.25, 0.3) is 0 Å². The number of Topliss-reactive ketones (excluding diaryl/α,β-unsaturated/α-hetero) is 1. The van der Waals surface area contributed by atoms with Gasteiger partial charge in [-0.15, -0.1) is 0 Å². The first-order valence-corrected chi connectivity index (χ1v) is 11.4. The van der Waals surface area contributed by atoms with Crippen molar-refractivity contribution < 1.29 is 14.3 Å². The van der Waals surface area contributed by atoms with Gasteiger partial charge < -0.3 is 19.5 Å². The van der Waals surface area contributed by atoms with Gasteiger partial charge in [-0.2, -0.15) is 5.10 Å². The number of carbonyl (C=O) groups is 2. The second kappa shape index (κ2) is 8.99. The molecule has 3 aromatic heterocycles. The number of hydrogen-bond donors (Lipinski definition) is 2. The smallest absolute Gasteiger partial charge is 0.320 e. The van der Waals surface area contributed by atoms with Crippen molar-refractivity contribution in [2.75, 3.05) is 39.4 Å². The van der Waals surface area contributed by atoms with Crippen LogP contribution in [0.15, 0.2) is 24.4 Å². The van der Waals surface area contributed by atoms with E-state index in [0.717, 1.165) is 34.3 Å². The molecule has 2 aliphatic rings. The Hall–Kier alpha value is -3.17. The number of hydrogen-bond acceptors (Lipinski definition) is 5. The molecule has 1 fully saturated rings. The Labute approximate surface area is 195 Å². The molecule has 5 heterocycles. The number of halogens is 1. The van der Waals surface area contributed by atoms with Crippen molar-refractivity contribution >= 4 is 40.0 Å². The Morgan fingerprint density at radius 3 is 2.70 bits per heavy atom. The number of nitrogens with one attached hydrogen (secondary N) is 2. The summed E-state index contributed by atoms with van der Waals surface area (Å²) in [6.45, 7) is 5.53. The van der Waals surface area contributed by atoms with E-state index in [1.54, 1.807) is 13.1 Å². The van der Waals surface area contributed by atoms with E-state index >= 15 is 0 Å². The topological polar surface area (TPSA) is 107 Å². The van der Waals surface area contributed by atoms with E-state index in [2.05, 4.69) is 26.2 Å². The molecular formula is C23H25ClN6O3. The molecule has 0 unspecified atom stereocenters. The fourth-order valence-corrected chi connectivity index (χ4v) is 4.43. The van der Waals surface area contributed by atoms with Crippen LogP contribution in [0.4, 0.5) is 4.79 Å². The molecule has 3 aromatic rings. The minimum absolute atomic E-state index is 0.0773. The molecule has 9 nitrogen and oxygen atoms in total. The van der Waals surface area contributed by atoms with Gasteiger partial charge in [-0.3, -0.25) is 9.89 Å². The number of ether oxygens (including phenoxy) is 1. The highest BCUT2D eigenvalue weighted by molar-refractivity contribution is 6.34. The number of pyridine rings is 1. The minimum Gasteiger partial charge on any atom is -0.378 e. The van der Waals surface area contributed by atoms with E-state index in [4.69, 9.17) is 16.3 Å². The number of nitrogens with zero attached hydrogens (tertiary/aromatic N) is 4. The molecule has 0 saturated carbocycles. The van der Waals surface area contributed by atoms with Gasteiger partial charge in [-0.25, -0.2) is 9.78 Å². The van der Waals surface area contributed by atoms with Crippen LogP contribution in [0.5, 0.6) is 0 Å². The van der Waals surface area contributed by atoms with E-state index in [-0.39, 0.29) is 23.9 Å². The summed E-state index contributed by atoms with van der Waals surface area (Å²) in [4.78, 5) is 36.9. The fraction of sp³-hybridized carbons (Fsp3) is 0.391. The van der Waals surface area contributed by atoms with Crippen molar-refractivity contribution in [3.63, 3.8) is 0 Å². The zero-order valence-corrected chi connectivity index (χ0v) is 19.1. The van der Waals surface area contributed by atoms with Crippen molar-refractivity contribution in [3.05, 3.63) is 52.1 Å². The summed E-state index contributed by atoms with van der Waals surface area (Å²) in [6.07, 6.45) is 4.74. The molecule has 10 heteroatoms. The van der Waals surface area contributed by atoms with Gasteiger partial charge in [0.1, 0.15) is 11.3 Å².